The van der Waals surface area contributed by atoms with E-state index < -0.39 is 10.0 Å². The Kier molecular flexibility index (Phi) is 7.24. The fraction of sp³-hybridized carbons (Fsp3) is 0.611. The average molecular weight is 353 g/mol. The summed E-state index contributed by atoms with van der Waals surface area (Å²) in [6.45, 7) is 2.03. The van der Waals surface area contributed by atoms with Crippen LogP contribution in [0.25, 0.3) is 0 Å². The molecule has 0 unspecified atom stereocenters. The maximum Gasteiger partial charge on any atom is 0.240 e. The van der Waals surface area contributed by atoms with E-state index in [2.05, 4.69) is 10.0 Å². The minimum absolute atomic E-state index is 0.0767. The maximum absolute atomic E-state index is 12.2. The van der Waals surface area contributed by atoms with Gasteiger partial charge in [0.2, 0.25) is 15.9 Å². The highest BCUT2D eigenvalue weighted by molar-refractivity contribution is 7.89. The van der Waals surface area contributed by atoms with Gasteiger partial charge >= 0.3 is 0 Å². The Labute approximate surface area is 145 Å². The average Bonchev–Trinajstić information content (AvgIpc) is 2.50. The molecule has 2 N–H and O–H groups in total. The van der Waals surface area contributed by atoms with E-state index in [9.17, 15) is 13.2 Å². The summed E-state index contributed by atoms with van der Waals surface area (Å²) in [5, 5.41) is 3.05. The Morgan fingerprint density at radius 3 is 2.25 bits per heavy atom. The Morgan fingerprint density at radius 1 is 1.04 bits per heavy atom. The topological polar surface area (TPSA) is 75.3 Å². The molecule has 1 aliphatic carbocycles. The third-order valence-corrected chi connectivity index (χ3v) is 5.92. The van der Waals surface area contributed by atoms with Crippen LogP contribution in [0.1, 0.15) is 56.9 Å². The van der Waals surface area contributed by atoms with Gasteiger partial charge in [-0.05, 0) is 31.9 Å². The summed E-state index contributed by atoms with van der Waals surface area (Å²) in [4.78, 5) is 12.3. The van der Waals surface area contributed by atoms with Gasteiger partial charge in [-0.15, -0.1) is 0 Å². The van der Waals surface area contributed by atoms with Crippen molar-refractivity contribution < 1.29 is 13.2 Å². The summed E-state index contributed by atoms with van der Waals surface area (Å²) < 4.78 is 26.8. The normalized spacial score (nSPS) is 17.0. The third kappa shape index (κ3) is 6.24. The van der Waals surface area contributed by atoms with E-state index in [1.54, 1.807) is 24.3 Å². The molecular weight excluding hydrogens is 324 g/mol. The Hall–Kier alpha value is -1.40. The monoisotopic (exact) mass is 352 g/mol. The van der Waals surface area contributed by atoms with Crippen LogP contribution in [0.15, 0.2) is 29.2 Å². The maximum atomic E-state index is 12.2. The molecule has 24 heavy (non-hydrogen) atoms. The largest absolute Gasteiger partial charge is 0.353 e. The molecule has 0 aromatic heterocycles. The predicted octanol–water partition coefficient (Wildman–Crippen LogP) is 2.89. The van der Waals surface area contributed by atoms with Crippen LogP contribution in [-0.4, -0.2) is 26.9 Å². The molecule has 0 saturated heterocycles. The number of nitrogens with one attached hydrogen (secondary N) is 2. The molecule has 0 aliphatic heterocycles. The number of rotatable bonds is 6. The van der Waals surface area contributed by atoms with E-state index >= 15 is 0 Å². The quantitative estimate of drug-likeness (QED) is 0.826. The number of carbonyl (C=O) groups is 1. The Morgan fingerprint density at radius 2 is 1.62 bits per heavy atom. The first-order chi connectivity index (χ1) is 11.5. The second-order valence-electron chi connectivity index (χ2n) is 6.57. The van der Waals surface area contributed by atoms with Crippen LogP contribution in [-0.2, 0) is 14.8 Å². The van der Waals surface area contributed by atoms with Crippen molar-refractivity contribution in [2.45, 2.75) is 69.2 Å². The molecule has 1 aromatic carbocycles. The van der Waals surface area contributed by atoms with Gasteiger partial charge in [-0.25, -0.2) is 13.1 Å². The van der Waals surface area contributed by atoms with E-state index in [0.29, 0.717) is 0 Å². The number of sulfonamides is 1. The minimum Gasteiger partial charge on any atom is -0.353 e. The van der Waals surface area contributed by atoms with Gasteiger partial charge in [-0.1, -0.05) is 49.8 Å². The van der Waals surface area contributed by atoms with Crippen LogP contribution < -0.4 is 10.0 Å². The lowest BCUT2D eigenvalue weighted by atomic mass is 9.96. The van der Waals surface area contributed by atoms with E-state index in [1.807, 2.05) is 6.92 Å². The molecule has 1 amide bonds. The van der Waals surface area contributed by atoms with Crippen LogP contribution in [0, 0.1) is 6.92 Å². The molecule has 1 aromatic rings. The van der Waals surface area contributed by atoms with Crippen molar-refractivity contribution in [3.63, 3.8) is 0 Å². The van der Waals surface area contributed by atoms with Crippen molar-refractivity contribution >= 4 is 15.9 Å². The van der Waals surface area contributed by atoms with Crippen LogP contribution >= 0.6 is 0 Å². The lowest BCUT2D eigenvalue weighted by Gasteiger charge is -2.21. The highest BCUT2D eigenvalue weighted by atomic mass is 32.2. The van der Waals surface area contributed by atoms with Crippen molar-refractivity contribution in [1.29, 1.82) is 0 Å². The molecule has 5 nitrogen and oxygen atoms in total. The van der Waals surface area contributed by atoms with Gasteiger partial charge < -0.3 is 5.32 Å². The third-order valence-electron chi connectivity index (χ3n) is 4.45. The molecule has 134 valence electrons. The summed E-state index contributed by atoms with van der Waals surface area (Å²) in [5.74, 6) is -0.0767. The number of carbonyl (C=O) groups excluding carboxylic acids is 1. The van der Waals surface area contributed by atoms with Crippen LogP contribution in [0.5, 0.6) is 0 Å². The second-order valence-corrected chi connectivity index (χ2v) is 8.34. The van der Waals surface area contributed by atoms with Crippen LogP contribution in [0.2, 0.25) is 0 Å². The first-order valence-electron chi connectivity index (χ1n) is 8.83. The van der Waals surface area contributed by atoms with Crippen LogP contribution in [0.3, 0.4) is 0 Å². The molecule has 0 heterocycles. The summed E-state index contributed by atoms with van der Waals surface area (Å²) in [6, 6.07) is 6.91. The minimum atomic E-state index is -3.55. The molecular formula is C18H28N2O3S. The molecule has 0 atom stereocenters. The lowest BCUT2D eigenvalue weighted by Crippen LogP contribution is -2.37. The first-order valence-corrected chi connectivity index (χ1v) is 10.3. The zero-order chi connectivity index (χ0) is 17.4. The summed E-state index contributed by atoms with van der Waals surface area (Å²) >= 11 is 0. The van der Waals surface area contributed by atoms with Crippen LogP contribution in [0.4, 0.5) is 0 Å². The van der Waals surface area contributed by atoms with Gasteiger partial charge in [0.25, 0.3) is 0 Å². The zero-order valence-electron chi connectivity index (χ0n) is 14.4. The van der Waals surface area contributed by atoms with Gasteiger partial charge in [0.15, 0.2) is 0 Å². The molecule has 2 rings (SSSR count). The number of aryl methyl sites for hydroxylation is 1. The molecule has 0 radical (unpaired) electrons. The van der Waals surface area contributed by atoms with E-state index in [0.717, 1.165) is 31.2 Å². The zero-order valence-corrected chi connectivity index (χ0v) is 15.2. The predicted molar refractivity (Wildman–Crippen MR) is 95.2 cm³/mol. The second kappa shape index (κ2) is 9.18. The Bertz CT molecular complexity index is 618. The van der Waals surface area contributed by atoms with Crippen molar-refractivity contribution in [3.05, 3.63) is 29.8 Å². The number of benzene rings is 1. The summed E-state index contributed by atoms with van der Waals surface area (Å²) in [6.07, 6.45) is 8.31. The molecule has 0 spiro atoms. The first kappa shape index (κ1) is 18.9. The lowest BCUT2D eigenvalue weighted by molar-refractivity contribution is -0.121. The van der Waals surface area contributed by atoms with Crippen molar-refractivity contribution in [3.8, 4) is 0 Å². The van der Waals surface area contributed by atoms with Gasteiger partial charge in [0.05, 0.1) is 4.90 Å². The fourth-order valence-corrected chi connectivity index (χ4v) is 4.03. The highest BCUT2D eigenvalue weighted by Gasteiger charge is 2.16. The summed E-state index contributed by atoms with van der Waals surface area (Å²) in [7, 11) is -3.55. The number of hydrogen-bond acceptors (Lipinski definition) is 3. The SMILES string of the molecule is Cc1ccc(S(=O)(=O)NCCC(=O)NC2CCCCCCC2)cc1. The summed E-state index contributed by atoms with van der Waals surface area (Å²) in [5.41, 5.74) is 1.01. The standard InChI is InChI=1S/C18H28N2O3S/c1-15-9-11-17(12-10-15)24(22,23)19-14-13-18(21)20-16-7-5-3-2-4-6-8-16/h9-12,16,19H,2-8,13-14H2,1H3,(H,20,21). The van der Waals surface area contributed by atoms with Gasteiger partial charge in [-0.3, -0.25) is 4.79 Å². The van der Waals surface area contributed by atoms with E-state index in [4.69, 9.17) is 0 Å². The number of hydrogen-bond donors (Lipinski definition) is 2. The Balaban J connectivity index is 1.76. The smallest absolute Gasteiger partial charge is 0.240 e. The van der Waals surface area contributed by atoms with Crippen molar-refractivity contribution in [2.24, 2.45) is 0 Å². The molecule has 0 bridgehead atoms. The highest BCUT2D eigenvalue weighted by Crippen LogP contribution is 2.17. The number of amides is 1. The van der Waals surface area contributed by atoms with Gasteiger partial charge in [0.1, 0.15) is 0 Å². The van der Waals surface area contributed by atoms with Gasteiger partial charge in [-0.2, -0.15) is 0 Å². The fourth-order valence-electron chi connectivity index (χ4n) is 3.00. The molecule has 6 heteroatoms. The van der Waals surface area contributed by atoms with Crippen molar-refractivity contribution in [2.75, 3.05) is 6.54 Å². The molecule has 1 saturated carbocycles. The van der Waals surface area contributed by atoms with E-state index in [1.165, 1.54) is 19.3 Å². The van der Waals surface area contributed by atoms with E-state index in [-0.39, 0.29) is 29.8 Å². The van der Waals surface area contributed by atoms with Crippen molar-refractivity contribution in [1.82, 2.24) is 10.0 Å². The molecule has 1 aliphatic rings. The van der Waals surface area contributed by atoms with Gasteiger partial charge in [0, 0.05) is 19.0 Å². The molecule has 1 fully saturated rings.